The van der Waals surface area contributed by atoms with Gasteiger partial charge >= 0.3 is 0 Å². The van der Waals surface area contributed by atoms with E-state index >= 15 is 0 Å². The van der Waals surface area contributed by atoms with Crippen molar-refractivity contribution in [3.8, 4) is 0 Å². The number of benzene rings is 2. The summed E-state index contributed by atoms with van der Waals surface area (Å²) in [5, 5.41) is 0. The van der Waals surface area contributed by atoms with Gasteiger partial charge in [0, 0.05) is 11.8 Å². The van der Waals surface area contributed by atoms with Crippen LogP contribution in [0.1, 0.15) is 74.3 Å². The zero-order valence-electron chi connectivity index (χ0n) is 17.6. The van der Waals surface area contributed by atoms with E-state index < -0.39 is 0 Å². The lowest BCUT2D eigenvalue weighted by atomic mass is 9.78. The molecule has 0 unspecified atom stereocenters. The van der Waals surface area contributed by atoms with Crippen molar-refractivity contribution in [2.75, 3.05) is 0 Å². The van der Waals surface area contributed by atoms with Gasteiger partial charge in [0.15, 0.2) is 0 Å². The number of hydrogen-bond donors (Lipinski definition) is 2. The Morgan fingerprint density at radius 2 is 0.867 bits per heavy atom. The van der Waals surface area contributed by atoms with Crippen LogP contribution in [0.25, 0.3) is 0 Å². The monoisotopic (exact) mass is 404 g/mol. The van der Waals surface area contributed by atoms with Crippen molar-refractivity contribution in [3.63, 3.8) is 0 Å². The van der Waals surface area contributed by atoms with Crippen LogP contribution in [0.3, 0.4) is 0 Å². The standard InChI is InChI=1S/C26H32N2O2/c29-25(23-15-11-21(12-16-23)19-7-3-1-4-8-19)27-28-26(30)24-17-13-22(14-18-24)20-9-5-2-6-10-20/h1-10,21-24H,11-18H2,(H,27,29)(H,28,30). The third-order valence-electron chi connectivity index (χ3n) is 7.05. The highest BCUT2D eigenvalue weighted by Gasteiger charge is 2.29. The van der Waals surface area contributed by atoms with E-state index in [1.54, 1.807) is 0 Å². The summed E-state index contributed by atoms with van der Waals surface area (Å²) in [5.41, 5.74) is 8.16. The van der Waals surface area contributed by atoms with Gasteiger partial charge in [-0.3, -0.25) is 20.4 Å². The molecule has 0 spiro atoms. The highest BCUT2D eigenvalue weighted by molar-refractivity contribution is 5.84. The Bertz CT molecular complexity index is 749. The molecule has 0 saturated heterocycles. The van der Waals surface area contributed by atoms with Gasteiger partial charge in [-0.2, -0.15) is 0 Å². The Balaban J connectivity index is 1.18. The highest BCUT2D eigenvalue weighted by atomic mass is 16.2. The second-order valence-corrected chi connectivity index (χ2v) is 8.90. The van der Waals surface area contributed by atoms with Crippen LogP contribution in [0.4, 0.5) is 0 Å². The minimum Gasteiger partial charge on any atom is -0.273 e. The van der Waals surface area contributed by atoms with Crippen LogP contribution >= 0.6 is 0 Å². The average Bonchev–Trinajstić information content (AvgIpc) is 2.83. The maximum atomic E-state index is 12.5. The first-order chi connectivity index (χ1) is 14.7. The Hall–Kier alpha value is -2.62. The van der Waals surface area contributed by atoms with Crippen LogP contribution in [0, 0.1) is 11.8 Å². The Morgan fingerprint density at radius 1 is 0.533 bits per heavy atom. The third kappa shape index (κ3) is 5.10. The number of carbonyl (C=O) groups excluding carboxylic acids is 2. The summed E-state index contributed by atoms with van der Waals surface area (Å²) in [4.78, 5) is 25.1. The lowest BCUT2D eigenvalue weighted by Crippen LogP contribution is -2.47. The molecule has 0 bridgehead atoms. The summed E-state index contributed by atoms with van der Waals surface area (Å²) < 4.78 is 0. The highest BCUT2D eigenvalue weighted by Crippen LogP contribution is 2.36. The van der Waals surface area contributed by atoms with Crippen molar-refractivity contribution < 1.29 is 9.59 Å². The first-order valence-electron chi connectivity index (χ1n) is 11.4. The first-order valence-corrected chi connectivity index (χ1v) is 11.4. The molecule has 0 aliphatic heterocycles. The van der Waals surface area contributed by atoms with Crippen molar-refractivity contribution in [1.82, 2.24) is 10.9 Å². The number of rotatable bonds is 4. The second kappa shape index (κ2) is 9.92. The smallest absolute Gasteiger partial charge is 0.241 e. The van der Waals surface area contributed by atoms with E-state index in [0.29, 0.717) is 11.8 Å². The predicted molar refractivity (Wildman–Crippen MR) is 119 cm³/mol. The number of amides is 2. The van der Waals surface area contributed by atoms with Gasteiger partial charge in [0.2, 0.25) is 11.8 Å². The number of hydrazine groups is 1. The van der Waals surface area contributed by atoms with Gasteiger partial charge < -0.3 is 0 Å². The summed E-state index contributed by atoms with van der Waals surface area (Å²) in [6.07, 6.45) is 7.62. The van der Waals surface area contributed by atoms with Crippen LogP contribution in [-0.4, -0.2) is 11.8 Å². The molecule has 2 aliphatic carbocycles. The summed E-state index contributed by atoms with van der Waals surface area (Å²) in [6.45, 7) is 0. The number of hydrogen-bond acceptors (Lipinski definition) is 2. The maximum Gasteiger partial charge on any atom is 0.241 e. The Morgan fingerprint density at radius 3 is 1.20 bits per heavy atom. The SMILES string of the molecule is O=C(NNC(=O)C1CCC(c2ccccc2)CC1)C1CCC(c2ccccc2)CC1. The van der Waals surface area contributed by atoms with Crippen molar-refractivity contribution >= 4 is 11.8 Å². The van der Waals surface area contributed by atoms with E-state index in [1.165, 1.54) is 11.1 Å². The van der Waals surface area contributed by atoms with Crippen molar-refractivity contribution in [1.29, 1.82) is 0 Å². The minimum atomic E-state index is -0.0344. The molecule has 2 aliphatic rings. The fourth-order valence-corrected chi connectivity index (χ4v) is 5.16. The molecular weight excluding hydrogens is 372 g/mol. The molecule has 0 radical (unpaired) electrons. The van der Waals surface area contributed by atoms with E-state index in [1.807, 2.05) is 12.1 Å². The second-order valence-electron chi connectivity index (χ2n) is 8.90. The molecule has 2 aromatic carbocycles. The van der Waals surface area contributed by atoms with Crippen LogP contribution in [-0.2, 0) is 9.59 Å². The fourth-order valence-electron chi connectivity index (χ4n) is 5.16. The normalized spacial score (nSPS) is 26.5. The lowest BCUT2D eigenvalue weighted by Gasteiger charge is -2.29. The molecule has 158 valence electrons. The number of nitrogens with one attached hydrogen (secondary N) is 2. The van der Waals surface area contributed by atoms with Gasteiger partial charge in [0.05, 0.1) is 0 Å². The quantitative estimate of drug-likeness (QED) is 0.698. The predicted octanol–water partition coefficient (Wildman–Crippen LogP) is 5.08. The molecule has 2 fully saturated rings. The van der Waals surface area contributed by atoms with Crippen molar-refractivity contribution in [2.24, 2.45) is 11.8 Å². The van der Waals surface area contributed by atoms with E-state index in [-0.39, 0.29) is 23.7 Å². The average molecular weight is 405 g/mol. The third-order valence-corrected chi connectivity index (χ3v) is 7.05. The molecule has 4 rings (SSSR count). The van der Waals surface area contributed by atoms with Gasteiger partial charge in [0.1, 0.15) is 0 Å². The first kappa shape index (κ1) is 20.6. The summed E-state index contributed by atoms with van der Waals surface area (Å²) in [6, 6.07) is 21.1. The molecule has 4 nitrogen and oxygen atoms in total. The zero-order chi connectivity index (χ0) is 20.8. The molecular formula is C26H32N2O2. The summed E-state index contributed by atoms with van der Waals surface area (Å²) in [7, 11) is 0. The van der Waals surface area contributed by atoms with Crippen LogP contribution in [0.2, 0.25) is 0 Å². The molecule has 2 aromatic rings. The topological polar surface area (TPSA) is 58.2 Å². The van der Waals surface area contributed by atoms with Crippen LogP contribution in [0.5, 0.6) is 0 Å². The summed E-state index contributed by atoms with van der Waals surface area (Å²) >= 11 is 0. The molecule has 2 N–H and O–H groups in total. The van der Waals surface area contributed by atoms with Crippen molar-refractivity contribution in [2.45, 2.75) is 63.2 Å². The Labute approximate surface area is 179 Å². The van der Waals surface area contributed by atoms with Gasteiger partial charge in [-0.15, -0.1) is 0 Å². The van der Waals surface area contributed by atoms with Crippen LogP contribution < -0.4 is 10.9 Å². The summed E-state index contributed by atoms with van der Waals surface area (Å²) in [5.74, 6) is 1.02. The van der Waals surface area contributed by atoms with Gasteiger partial charge in [0.25, 0.3) is 0 Å². The molecule has 30 heavy (non-hydrogen) atoms. The zero-order valence-corrected chi connectivity index (χ0v) is 17.6. The van der Waals surface area contributed by atoms with Gasteiger partial charge in [-0.05, 0) is 74.3 Å². The molecule has 4 heteroatoms. The van der Waals surface area contributed by atoms with E-state index in [2.05, 4.69) is 59.4 Å². The molecule has 0 atom stereocenters. The van der Waals surface area contributed by atoms with E-state index in [9.17, 15) is 9.59 Å². The lowest BCUT2D eigenvalue weighted by molar-refractivity contribution is -0.134. The van der Waals surface area contributed by atoms with Gasteiger partial charge in [-0.25, -0.2) is 0 Å². The number of carbonyl (C=O) groups is 2. The molecule has 2 amide bonds. The largest absolute Gasteiger partial charge is 0.273 e. The Kier molecular flexibility index (Phi) is 6.83. The van der Waals surface area contributed by atoms with E-state index in [0.717, 1.165) is 51.4 Å². The van der Waals surface area contributed by atoms with Crippen molar-refractivity contribution in [3.05, 3.63) is 71.8 Å². The molecule has 2 saturated carbocycles. The molecule has 0 aromatic heterocycles. The maximum absolute atomic E-state index is 12.5. The fraction of sp³-hybridized carbons (Fsp3) is 0.462. The van der Waals surface area contributed by atoms with Crippen LogP contribution in [0.15, 0.2) is 60.7 Å². The molecule has 0 heterocycles. The van der Waals surface area contributed by atoms with E-state index in [4.69, 9.17) is 0 Å². The van der Waals surface area contributed by atoms with Gasteiger partial charge in [-0.1, -0.05) is 60.7 Å². The minimum absolute atomic E-state index is 0.000853.